The van der Waals surface area contributed by atoms with Gasteiger partial charge in [-0.05, 0) is 31.2 Å². The summed E-state index contributed by atoms with van der Waals surface area (Å²) in [7, 11) is 1.69. The molecule has 7 heteroatoms. The van der Waals surface area contributed by atoms with Crippen LogP contribution in [0.3, 0.4) is 0 Å². The second-order valence-electron chi connectivity index (χ2n) is 5.85. The van der Waals surface area contributed by atoms with Crippen LogP contribution in [0.25, 0.3) is 11.4 Å². The Morgan fingerprint density at radius 1 is 1.19 bits per heavy atom. The van der Waals surface area contributed by atoms with E-state index in [1.54, 1.807) is 30.1 Å². The second kappa shape index (κ2) is 8.44. The molecule has 0 N–H and O–H groups in total. The highest BCUT2D eigenvalue weighted by molar-refractivity contribution is 5.94. The van der Waals surface area contributed by atoms with Gasteiger partial charge in [0.25, 0.3) is 0 Å². The lowest BCUT2D eigenvalue weighted by molar-refractivity contribution is -0.118. The Balaban J connectivity index is 1.65. The van der Waals surface area contributed by atoms with E-state index in [-0.39, 0.29) is 36.0 Å². The Morgan fingerprint density at radius 3 is 2.70 bits per heavy atom. The van der Waals surface area contributed by atoms with E-state index in [1.807, 2.05) is 31.2 Å². The minimum absolute atomic E-state index is 0.118. The SMILES string of the molecule is CCOc1ccccc1N(C)C(=O)CCc1nc(-c2ccccc2F)no1. The zero-order chi connectivity index (χ0) is 19.2. The third-order valence-electron chi connectivity index (χ3n) is 4.04. The van der Waals surface area contributed by atoms with Crippen LogP contribution in [0.2, 0.25) is 0 Å². The molecule has 0 bridgehead atoms. The van der Waals surface area contributed by atoms with Gasteiger partial charge in [-0.3, -0.25) is 4.79 Å². The van der Waals surface area contributed by atoms with Gasteiger partial charge in [-0.15, -0.1) is 0 Å². The van der Waals surface area contributed by atoms with Gasteiger partial charge in [0.1, 0.15) is 11.6 Å². The monoisotopic (exact) mass is 369 g/mol. The highest BCUT2D eigenvalue weighted by atomic mass is 19.1. The van der Waals surface area contributed by atoms with Crippen molar-refractivity contribution in [2.75, 3.05) is 18.6 Å². The summed E-state index contributed by atoms with van der Waals surface area (Å²) in [5, 5.41) is 3.80. The van der Waals surface area contributed by atoms with Crippen molar-refractivity contribution < 1.29 is 18.4 Å². The minimum Gasteiger partial charge on any atom is -0.492 e. The first-order valence-corrected chi connectivity index (χ1v) is 8.66. The van der Waals surface area contributed by atoms with Gasteiger partial charge < -0.3 is 14.2 Å². The predicted octanol–water partition coefficient (Wildman–Crippen LogP) is 3.87. The summed E-state index contributed by atoms with van der Waals surface area (Å²) < 4.78 is 24.5. The van der Waals surface area contributed by atoms with Gasteiger partial charge in [0.15, 0.2) is 0 Å². The Hall–Kier alpha value is -3.22. The lowest BCUT2D eigenvalue weighted by atomic mass is 10.2. The number of rotatable bonds is 7. The molecule has 0 atom stereocenters. The van der Waals surface area contributed by atoms with Crippen molar-refractivity contribution in [1.82, 2.24) is 10.1 Å². The van der Waals surface area contributed by atoms with E-state index in [9.17, 15) is 9.18 Å². The fourth-order valence-corrected chi connectivity index (χ4v) is 2.64. The molecule has 0 radical (unpaired) electrons. The first-order valence-electron chi connectivity index (χ1n) is 8.66. The summed E-state index contributed by atoms with van der Waals surface area (Å²) in [5.74, 6) is 0.565. The standard InChI is InChI=1S/C20H20FN3O3/c1-3-26-17-11-7-6-10-16(17)24(2)19(25)13-12-18-22-20(23-27-18)14-8-4-5-9-15(14)21/h4-11H,3,12-13H2,1-2H3. The summed E-state index contributed by atoms with van der Waals surface area (Å²) >= 11 is 0. The zero-order valence-corrected chi connectivity index (χ0v) is 15.2. The van der Waals surface area contributed by atoms with E-state index < -0.39 is 5.82 Å². The first-order chi connectivity index (χ1) is 13.1. The van der Waals surface area contributed by atoms with Gasteiger partial charge >= 0.3 is 0 Å². The van der Waals surface area contributed by atoms with Crippen LogP contribution in [0, 0.1) is 5.82 Å². The van der Waals surface area contributed by atoms with E-state index in [0.717, 1.165) is 0 Å². The summed E-state index contributed by atoms with van der Waals surface area (Å²) in [6, 6.07) is 13.5. The lowest BCUT2D eigenvalue weighted by Gasteiger charge is -2.20. The Labute approximate surface area is 156 Å². The molecule has 0 aliphatic rings. The molecule has 0 aliphatic heterocycles. The second-order valence-corrected chi connectivity index (χ2v) is 5.85. The molecule has 140 valence electrons. The van der Waals surface area contributed by atoms with Crippen molar-refractivity contribution in [2.24, 2.45) is 0 Å². The van der Waals surface area contributed by atoms with E-state index in [2.05, 4.69) is 10.1 Å². The van der Waals surface area contributed by atoms with Crippen molar-refractivity contribution >= 4 is 11.6 Å². The number of carbonyl (C=O) groups is 1. The van der Waals surface area contributed by atoms with Gasteiger partial charge in [-0.1, -0.05) is 29.4 Å². The smallest absolute Gasteiger partial charge is 0.227 e. The number of aromatic nitrogens is 2. The third kappa shape index (κ3) is 4.31. The highest BCUT2D eigenvalue weighted by Crippen LogP contribution is 2.27. The number of amides is 1. The molecule has 0 aliphatic carbocycles. The molecule has 3 aromatic rings. The number of ether oxygens (including phenoxy) is 1. The molecule has 0 unspecified atom stereocenters. The molecule has 0 saturated carbocycles. The van der Waals surface area contributed by atoms with Crippen LogP contribution in [0.1, 0.15) is 19.2 Å². The molecule has 6 nitrogen and oxygen atoms in total. The molecular formula is C20H20FN3O3. The van der Waals surface area contributed by atoms with Crippen LogP contribution in [0.15, 0.2) is 53.1 Å². The topological polar surface area (TPSA) is 68.5 Å². The summed E-state index contributed by atoms with van der Waals surface area (Å²) in [5.41, 5.74) is 0.962. The van der Waals surface area contributed by atoms with Crippen molar-refractivity contribution in [3.05, 3.63) is 60.2 Å². The molecule has 27 heavy (non-hydrogen) atoms. The largest absolute Gasteiger partial charge is 0.492 e. The van der Waals surface area contributed by atoms with Gasteiger partial charge in [0.05, 0.1) is 17.9 Å². The fraction of sp³-hybridized carbons (Fsp3) is 0.250. The number of halogens is 1. The normalized spacial score (nSPS) is 10.6. The van der Waals surface area contributed by atoms with E-state index >= 15 is 0 Å². The first kappa shape index (κ1) is 18.6. The molecule has 3 rings (SSSR count). The van der Waals surface area contributed by atoms with Crippen molar-refractivity contribution in [3.63, 3.8) is 0 Å². The van der Waals surface area contributed by atoms with Crippen molar-refractivity contribution in [3.8, 4) is 17.1 Å². The van der Waals surface area contributed by atoms with Crippen LogP contribution >= 0.6 is 0 Å². The van der Waals surface area contributed by atoms with Crippen molar-refractivity contribution in [2.45, 2.75) is 19.8 Å². The Morgan fingerprint density at radius 2 is 1.93 bits per heavy atom. The lowest BCUT2D eigenvalue weighted by Crippen LogP contribution is -2.27. The highest BCUT2D eigenvalue weighted by Gasteiger charge is 2.17. The molecular weight excluding hydrogens is 349 g/mol. The predicted molar refractivity (Wildman–Crippen MR) is 99.0 cm³/mol. The number of benzene rings is 2. The molecule has 0 spiro atoms. The summed E-state index contributed by atoms with van der Waals surface area (Å²) in [4.78, 5) is 18.2. The molecule has 1 amide bonds. The van der Waals surface area contributed by atoms with Gasteiger partial charge in [-0.2, -0.15) is 4.98 Å². The summed E-state index contributed by atoms with van der Waals surface area (Å²) in [6.07, 6.45) is 0.442. The molecule has 1 aromatic heterocycles. The Bertz CT molecular complexity index is 926. The summed E-state index contributed by atoms with van der Waals surface area (Å²) in [6.45, 7) is 2.40. The Kier molecular flexibility index (Phi) is 5.80. The number of hydrogen-bond acceptors (Lipinski definition) is 5. The zero-order valence-electron chi connectivity index (χ0n) is 15.2. The minimum atomic E-state index is -0.423. The average molecular weight is 369 g/mol. The molecule has 1 heterocycles. The number of carbonyl (C=O) groups excluding carboxylic acids is 1. The molecule has 2 aromatic carbocycles. The van der Waals surface area contributed by atoms with E-state index in [4.69, 9.17) is 9.26 Å². The van der Waals surface area contributed by atoms with Gasteiger partial charge in [0.2, 0.25) is 17.6 Å². The number of aryl methyl sites for hydroxylation is 1. The van der Waals surface area contributed by atoms with Crippen LogP contribution in [0.4, 0.5) is 10.1 Å². The van der Waals surface area contributed by atoms with Crippen molar-refractivity contribution in [1.29, 1.82) is 0 Å². The maximum absolute atomic E-state index is 13.8. The van der Waals surface area contributed by atoms with Gasteiger partial charge in [-0.25, -0.2) is 4.39 Å². The maximum Gasteiger partial charge on any atom is 0.227 e. The van der Waals surface area contributed by atoms with Crippen LogP contribution < -0.4 is 9.64 Å². The number of hydrogen-bond donors (Lipinski definition) is 0. The fourth-order valence-electron chi connectivity index (χ4n) is 2.64. The number of para-hydroxylation sites is 2. The molecule has 0 fully saturated rings. The maximum atomic E-state index is 13.8. The number of nitrogens with zero attached hydrogens (tertiary/aromatic N) is 3. The van der Waals surface area contributed by atoms with E-state index in [0.29, 0.717) is 18.0 Å². The third-order valence-corrected chi connectivity index (χ3v) is 4.04. The van der Waals surface area contributed by atoms with E-state index in [1.165, 1.54) is 6.07 Å². The number of anilines is 1. The average Bonchev–Trinajstić information content (AvgIpc) is 3.15. The van der Waals surface area contributed by atoms with Gasteiger partial charge in [0, 0.05) is 19.9 Å². The quantitative estimate of drug-likeness (QED) is 0.632. The van der Waals surface area contributed by atoms with Crippen LogP contribution in [0.5, 0.6) is 5.75 Å². The molecule has 0 saturated heterocycles. The van der Waals surface area contributed by atoms with Crippen LogP contribution in [-0.2, 0) is 11.2 Å². The van der Waals surface area contributed by atoms with Crippen LogP contribution in [-0.4, -0.2) is 29.7 Å².